The van der Waals surface area contributed by atoms with Gasteiger partial charge < -0.3 is 10.1 Å². The number of hydrogen-bond acceptors (Lipinski definition) is 3. The SMILES string of the molecule is CC(C)C1OC(NC23CC4CC(CC2C4)C3)=NC1=O. The van der Waals surface area contributed by atoms with E-state index < -0.39 is 0 Å². The van der Waals surface area contributed by atoms with Gasteiger partial charge >= 0.3 is 0 Å². The van der Waals surface area contributed by atoms with Crippen molar-refractivity contribution in [1.29, 1.82) is 0 Å². The summed E-state index contributed by atoms with van der Waals surface area (Å²) < 4.78 is 5.74. The molecule has 1 aliphatic heterocycles. The lowest BCUT2D eigenvalue weighted by Gasteiger charge is -2.34. The van der Waals surface area contributed by atoms with Crippen molar-refractivity contribution in [2.75, 3.05) is 0 Å². The van der Waals surface area contributed by atoms with Gasteiger partial charge in [0.2, 0.25) is 0 Å². The van der Waals surface area contributed by atoms with Crippen LogP contribution in [0.3, 0.4) is 0 Å². The number of carbonyl (C=O) groups excluding carboxylic acids is 1. The van der Waals surface area contributed by atoms with Crippen molar-refractivity contribution in [2.24, 2.45) is 28.7 Å². The predicted octanol–water partition coefficient (Wildman–Crippen LogP) is 2.09. The van der Waals surface area contributed by atoms with Gasteiger partial charge in [0, 0.05) is 5.54 Å². The first kappa shape index (κ1) is 11.7. The summed E-state index contributed by atoms with van der Waals surface area (Å²) in [6.45, 7) is 4.00. The molecule has 3 atom stereocenters. The van der Waals surface area contributed by atoms with Crippen LogP contribution in [0.5, 0.6) is 0 Å². The summed E-state index contributed by atoms with van der Waals surface area (Å²) in [7, 11) is 0. The maximum absolute atomic E-state index is 11.8. The highest BCUT2D eigenvalue weighted by Gasteiger charge is 2.58. The third-order valence-corrected chi connectivity index (χ3v) is 5.64. The number of nitrogens with zero attached hydrogens (tertiary/aromatic N) is 1. The molecule has 4 saturated carbocycles. The van der Waals surface area contributed by atoms with Crippen LogP contribution in [0.15, 0.2) is 4.99 Å². The molecule has 5 rings (SSSR count). The Kier molecular flexibility index (Phi) is 2.31. The number of hydrogen-bond donors (Lipinski definition) is 1. The number of rotatable bonds is 2. The fraction of sp³-hybridized carbons (Fsp3) is 0.867. The third kappa shape index (κ3) is 1.65. The van der Waals surface area contributed by atoms with Gasteiger partial charge in [-0.15, -0.1) is 0 Å². The van der Waals surface area contributed by atoms with E-state index in [1.54, 1.807) is 0 Å². The summed E-state index contributed by atoms with van der Waals surface area (Å²) >= 11 is 0. The largest absolute Gasteiger partial charge is 0.451 e. The van der Waals surface area contributed by atoms with Crippen LogP contribution in [0.2, 0.25) is 0 Å². The maximum Gasteiger partial charge on any atom is 0.293 e. The Hall–Kier alpha value is -1.06. The van der Waals surface area contributed by atoms with E-state index in [0.717, 1.165) is 17.8 Å². The minimum atomic E-state index is -0.380. The zero-order chi connectivity index (χ0) is 13.2. The normalized spacial score (nSPS) is 46.9. The second-order valence-electron chi connectivity index (χ2n) is 7.36. The number of carbonyl (C=O) groups is 1. The molecule has 1 N–H and O–H groups in total. The third-order valence-electron chi connectivity index (χ3n) is 5.64. The summed E-state index contributed by atoms with van der Waals surface area (Å²) in [5, 5.41) is 3.54. The Bertz CT molecular complexity index is 443. The minimum absolute atomic E-state index is 0.119. The lowest BCUT2D eigenvalue weighted by Crippen LogP contribution is -2.50. The van der Waals surface area contributed by atoms with Crippen molar-refractivity contribution in [1.82, 2.24) is 5.32 Å². The number of nitrogens with one attached hydrogen (secondary N) is 1. The van der Waals surface area contributed by atoms with E-state index >= 15 is 0 Å². The molecule has 0 radical (unpaired) electrons. The highest BCUT2D eigenvalue weighted by molar-refractivity contribution is 5.98. The molecule has 4 aliphatic carbocycles. The lowest BCUT2D eigenvalue weighted by molar-refractivity contribution is -0.124. The van der Waals surface area contributed by atoms with Gasteiger partial charge in [-0.05, 0) is 55.8 Å². The van der Waals surface area contributed by atoms with E-state index in [2.05, 4.69) is 10.3 Å². The van der Waals surface area contributed by atoms with Crippen LogP contribution < -0.4 is 5.32 Å². The van der Waals surface area contributed by atoms with E-state index in [-0.39, 0.29) is 23.5 Å². The first-order valence-electron chi connectivity index (χ1n) is 7.63. The van der Waals surface area contributed by atoms with Gasteiger partial charge in [-0.1, -0.05) is 13.8 Å². The van der Waals surface area contributed by atoms with Crippen LogP contribution in [0, 0.1) is 23.7 Å². The molecule has 4 bridgehead atoms. The average molecular weight is 262 g/mol. The molecule has 0 aromatic heterocycles. The van der Waals surface area contributed by atoms with Crippen LogP contribution in [-0.2, 0) is 9.53 Å². The Balaban J connectivity index is 1.51. The molecule has 0 aromatic rings. The van der Waals surface area contributed by atoms with Crippen LogP contribution in [-0.4, -0.2) is 23.6 Å². The molecule has 3 unspecified atom stereocenters. The Morgan fingerprint density at radius 1 is 1.26 bits per heavy atom. The van der Waals surface area contributed by atoms with Crippen molar-refractivity contribution in [3.63, 3.8) is 0 Å². The number of amides is 1. The van der Waals surface area contributed by atoms with E-state index in [4.69, 9.17) is 4.74 Å². The van der Waals surface area contributed by atoms with Crippen LogP contribution in [0.1, 0.15) is 46.0 Å². The highest BCUT2D eigenvalue weighted by Crippen LogP contribution is 2.60. The van der Waals surface area contributed by atoms with Crippen molar-refractivity contribution < 1.29 is 9.53 Å². The van der Waals surface area contributed by atoms with Crippen molar-refractivity contribution >= 4 is 11.9 Å². The van der Waals surface area contributed by atoms with Gasteiger partial charge in [0.1, 0.15) is 0 Å². The zero-order valence-corrected chi connectivity index (χ0v) is 11.7. The molecule has 1 heterocycles. The molecule has 1 amide bonds. The molecule has 4 nitrogen and oxygen atoms in total. The summed E-state index contributed by atoms with van der Waals surface area (Å²) in [5.41, 5.74) is 0.193. The van der Waals surface area contributed by atoms with Crippen LogP contribution in [0.25, 0.3) is 0 Å². The summed E-state index contributed by atoms with van der Waals surface area (Å²) in [4.78, 5) is 15.9. The van der Waals surface area contributed by atoms with Crippen molar-refractivity contribution in [3.8, 4) is 0 Å². The Morgan fingerprint density at radius 3 is 2.53 bits per heavy atom. The van der Waals surface area contributed by atoms with Gasteiger partial charge in [-0.2, -0.15) is 4.99 Å². The number of ether oxygens (including phenoxy) is 1. The molecule has 0 spiro atoms. The first-order chi connectivity index (χ1) is 9.06. The van der Waals surface area contributed by atoms with E-state index in [0.29, 0.717) is 6.02 Å². The number of amidine groups is 1. The standard InChI is InChI=1S/C15H22N2O2/c1-8(2)12-13(18)16-14(19-12)17-15-6-9-3-10(7-15)5-11(15)4-9/h8-12H,3-7H2,1-2H3,(H,16,17,18). The fourth-order valence-electron chi connectivity index (χ4n) is 5.05. The maximum atomic E-state index is 11.8. The van der Waals surface area contributed by atoms with Gasteiger partial charge in [0.05, 0.1) is 0 Å². The molecule has 104 valence electrons. The van der Waals surface area contributed by atoms with Gasteiger partial charge in [-0.3, -0.25) is 4.79 Å². The van der Waals surface area contributed by atoms with E-state index in [1.807, 2.05) is 13.8 Å². The van der Waals surface area contributed by atoms with Crippen LogP contribution >= 0.6 is 0 Å². The van der Waals surface area contributed by atoms with E-state index in [1.165, 1.54) is 32.1 Å². The topological polar surface area (TPSA) is 50.7 Å². The van der Waals surface area contributed by atoms with Gasteiger partial charge in [0.15, 0.2) is 6.10 Å². The molecule has 19 heavy (non-hydrogen) atoms. The molecule has 0 saturated heterocycles. The molecular formula is C15H22N2O2. The zero-order valence-electron chi connectivity index (χ0n) is 11.7. The highest BCUT2D eigenvalue weighted by atomic mass is 16.5. The monoisotopic (exact) mass is 262 g/mol. The van der Waals surface area contributed by atoms with Crippen LogP contribution in [0.4, 0.5) is 0 Å². The predicted molar refractivity (Wildman–Crippen MR) is 71.6 cm³/mol. The summed E-state index contributed by atoms with van der Waals surface area (Å²) in [6.07, 6.45) is 6.25. The molecule has 5 aliphatic rings. The average Bonchev–Trinajstić information content (AvgIpc) is 2.86. The molecule has 4 fully saturated rings. The smallest absolute Gasteiger partial charge is 0.293 e. The fourth-order valence-corrected chi connectivity index (χ4v) is 5.05. The second kappa shape index (κ2) is 3.74. The first-order valence-corrected chi connectivity index (χ1v) is 7.63. The summed E-state index contributed by atoms with van der Waals surface area (Å²) in [5.74, 6) is 2.62. The molecule has 0 aromatic carbocycles. The minimum Gasteiger partial charge on any atom is -0.451 e. The Morgan fingerprint density at radius 2 is 1.95 bits per heavy atom. The second-order valence-corrected chi connectivity index (χ2v) is 7.36. The van der Waals surface area contributed by atoms with Gasteiger partial charge in [0.25, 0.3) is 11.9 Å². The van der Waals surface area contributed by atoms with Gasteiger partial charge in [-0.25, -0.2) is 0 Å². The Labute approximate surface area is 114 Å². The molecular weight excluding hydrogens is 240 g/mol. The quantitative estimate of drug-likeness (QED) is 0.829. The lowest BCUT2D eigenvalue weighted by atomic mass is 9.80. The molecule has 4 heteroatoms. The van der Waals surface area contributed by atoms with Crippen molar-refractivity contribution in [3.05, 3.63) is 0 Å². The van der Waals surface area contributed by atoms with Crippen molar-refractivity contribution in [2.45, 2.75) is 57.6 Å². The summed E-state index contributed by atoms with van der Waals surface area (Å²) in [6, 6.07) is 0.497. The van der Waals surface area contributed by atoms with E-state index in [9.17, 15) is 4.79 Å². The number of aliphatic imine (C=N–C) groups is 1.